The second kappa shape index (κ2) is 8.73. The minimum absolute atomic E-state index is 0.102. The number of benzene rings is 1. The fraction of sp³-hybridized carbons (Fsp3) is 0.409. The smallest absolute Gasteiger partial charge is 0.266 e. The lowest BCUT2D eigenvalue weighted by atomic mass is 9.96. The number of aromatic nitrogens is 3. The Morgan fingerprint density at radius 2 is 1.80 bits per heavy atom. The molecule has 5 nitrogen and oxygen atoms in total. The number of hydrogen-bond acceptors (Lipinski definition) is 5. The molecule has 158 valence electrons. The molecular weight excluding hydrogens is 406 g/mol. The third-order valence-electron chi connectivity index (χ3n) is 5.47. The number of halogens is 2. The standard InChI is InChI=1S/C22H24F2N4OS/c1-14-22(30-15(2)25-14)20-3-4-21(29)28(26-20)13-16-5-7-27(8-6-16)12-17-9-18(23)11-19(24)10-17/h3-4,9-11,16H,5-8,12-13H2,1-2H3. The minimum atomic E-state index is -0.545. The van der Waals surface area contributed by atoms with Crippen LogP contribution in [0.15, 0.2) is 35.1 Å². The summed E-state index contributed by atoms with van der Waals surface area (Å²) in [5, 5.41) is 5.57. The molecular formula is C22H24F2N4OS. The van der Waals surface area contributed by atoms with Crippen LogP contribution >= 0.6 is 11.3 Å². The average Bonchev–Trinajstić information content (AvgIpc) is 3.02. The van der Waals surface area contributed by atoms with E-state index >= 15 is 0 Å². The number of rotatable bonds is 5. The van der Waals surface area contributed by atoms with Crippen molar-refractivity contribution in [1.82, 2.24) is 19.7 Å². The van der Waals surface area contributed by atoms with Crippen LogP contribution in [0.2, 0.25) is 0 Å². The van der Waals surface area contributed by atoms with Gasteiger partial charge in [0.1, 0.15) is 17.3 Å². The van der Waals surface area contributed by atoms with Crippen LogP contribution in [0.5, 0.6) is 0 Å². The maximum Gasteiger partial charge on any atom is 0.266 e. The summed E-state index contributed by atoms with van der Waals surface area (Å²) in [6, 6.07) is 6.99. The van der Waals surface area contributed by atoms with Crippen molar-refractivity contribution >= 4 is 11.3 Å². The third-order valence-corrected chi connectivity index (χ3v) is 6.56. The average molecular weight is 431 g/mol. The Hall–Kier alpha value is -2.45. The second-order valence-corrected chi connectivity index (χ2v) is 9.09. The van der Waals surface area contributed by atoms with Gasteiger partial charge < -0.3 is 0 Å². The van der Waals surface area contributed by atoms with E-state index in [9.17, 15) is 13.6 Å². The van der Waals surface area contributed by atoms with Crippen LogP contribution in [0.25, 0.3) is 10.6 Å². The molecule has 4 rings (SSSR count). The molecule has 0 spiro atoms. The molecule has 0 aliphatic carbocycles. The van der Waals surface area contributed by atoms with E-state index < -0.39 is 11.6 Å². The van der Waals surface area contributed by atoms with Gasteiger partial charge in [0, 0.05) is 25.2 Å². The Morgan fingerprint density at radius 1 is 1.10 bits per heavy atom. The summed E-state index contributed by atoms with van der Waals surface area (Å²) in [4.78, 5) is 20.0. The van der Waals surface area contributed by atoms with Crippen molar-refractivity contribution < 1.29 is 8.78 Å². The van der Waals surface area contributed by atoms with Crippen LogP contribution in [0.1, 0.15) is 29.1 Å². The van der Waals surface area contributed by atoms with Crippen molar-refractivity contribution in [2.75, 3.05) is 13.1 Å². The van der Waals surface area contributed by atoms with Gasteiger partial charge in [0.2, 0.25) is 0 Å². The molecule has 0 atom stereocenters. The van der Waals surface area contributed by atoms with Crippen LogP contribution in [-0.4, -0.2) is 32.8 Å². The molecule has 1 aliphatic heterocycles. The Morgan fingerprint density at radius 3 is 2.43 bits per heavy atom. The molecule has 1 saturated heterocycles. The summed E-state index contributed by atoms with van der Waals surface area (Å²) in [7, 11) is 0. The normalized spacial score (nSPS) is 15.6. The van der Waals surface area contributed by atoms with Crippen LogP contribution in [0, 0.1) is 31.4 Å². The van der Waals surface area contributed by atoms with E-state index in [-0.39, 0.29) is 5.56 Å². The van der Waals surface area contributed by atoms with Crippen LogP contribution < -0.4 is 5.56 Å². The molecule has 8 heteroatoms. The number of thiazole rings is 1. The van der Waals surface area contributed by atoms with Crippen LogP contribution in [0.3, 0.4) is 0 Å². The number of hydrogen-bond donors (Lipinski definition) is 0. The largest absolute Gasteiger partial charge is 0.299 e. The Bertz CT molecular complexity index is 1080. The summed E-state index contributed by atoms with van der Waals surface area (Å²) >= 11 is 1.58. The molecule has 1 fully saturated rings. The van der Waals surface area contributed by atoms with Crippen molar-refractivity contribution in [2.45, 2.75) is 39.8 Å². The summed E-state index contributed by atoms with van der Waals surface area (Å²) in [5.41, 5.74) is 2.25. The van der Waals surface area contributed by atoms with Crippen molar-refractivity contribution in [3.05, 3.63) is 68.6 Å². The van der Waals surface area contributed by atoms with Gasteiger partial charge in [-0.3, -0.25) is 9.69 Å². The van der Waals surface area contributed by atoms with Gasteiger partial charge in [-0.1, -0.05) is 0 Å². The van der Waals surface area contributed by atoms with E-state index in [1.807, 2.05) is 13.8 Å². The van der Waals surface area contributed by atoms with Gasteiger partial charge in [-0.25, -0.2) is 18.4 Å². The highest BCUT2D eigenvalue weighted by Gasteiger charge is 2.21. The van der Waals surface area contributed by atoms with Gasteiger partial charge in [0.15, 0.2) is 0 Å². The van der Waals surface area contributed by atoms with Crippen molar-refractivity contribution in [1.29, 1.82) is 0 Å². The lowest BCUT2D eigenvalue weighted by molar-refractivity contribution is 0.163. The van der Waals surface area contributed by atoms with E-state index in [2.05, 4.69) is 15.0 Å². The van der Waals surface area contributed by atoms with Crippen molar-refractivity contribution in [3.63, 3.8) is 0 Å². The first-order chi connectivity index (χ1) is 14.4. The van der Waals surface area contributed by atoms with Gasteiger partial charge in [-0.2, -0.15) is 5.10 Å². The second-order valence-electron chi connectivity index (χ2n) is 7.88. The number of piperidine rings is 1. The topological polar surface area (TPSA) is 51.0 Å². The van der Waals surface area contributed by atoms with Crippen LogP contribution in [0.4, 0.5) is 8.78 Å². The Balaban J connectivity index is 1.40. The molecule has 0 radical (unpaired) electrons. The van der Waals surface area contributed by atoms with Gasteiger partial charge in [0.25, 0.3) is 5.56 Å². The molecule has 0 unspecified atom stereocenters. The third kappa shape index (κ3) is 4.82. The number of likely N-dealkylation sites (tertiary alicyclic amines) is 1. The van der Waals surface area contributed by atoms with Crippen LogP contribution in [-0.2, 0) is 13.1 Å². The van der Waals surface area contributed by atoms with E-state index in [0.717, 1.165) is 53.3 Å². The van der Waals surface area contributed by atoms with Gasteiger partial charge >= 0.3 is 0 Å². The predicted molar refractivity (Wildman–Crippen MR) is 113 cm³/mol. The van der Waals surface area contributed by atoms with Crippen molar-refractivity contribution in [2.24, 2.45) is 5.92 Å². The maximum absolute atomic E-state index is 13.4. The molecule has 0 amide bonds. The number of aryl methyl sites for hydroxylation is 2. The fourth-order valence-electron chi connectivity index (χ4n) is 4.00. The van der Waals surface area contributed by atoms with Gasteiger partial charge in [-0.05, 0) is 69.5 Å². The molecule has 2 aromatic heterocycles. The summed E-state index contributed by atoms with van der Waals surface area (Å²) in [6.45, 7) is 6.67. The first-order valence-electron chi connectivity index (χ1n) is 10.1. The molecule has 1 aliphatic rings. The zero-order valence-corrected chi connectivity index (χ0v) is 17.9. The lowest BCUT2D eigenvalue weighted by Crippen LogP contribution is -2.36. The highest BCUT2D eigenvalue weighted by molar-refractivity contribution is 7.15. The molecule has 0 saturated carbocycles. The van der Waals surface area contributed by atoms with Gasteiger partial charge in [-0.15, -0.1) is 11.3 Å². The summed E-state index contributed by atoms with van der Waals surface area (Å²) in [6.07, 6.45) is 1.82. The number of nitrogens with zero attached hydrogens (tertiary/aromatic N) is 4. The summed E-state index contributed by atoms with van der Waals surface area (Å²) < 4.78 is 28.4. The van der Waals surface area contributed by atoms with Crippen molar-refractivity contribution in [3.8, 4) is 10.6 Å². The lowest BCUT2D eigenvalue weighted by Gasteiger charge is -2.32. The molecule has 3 heterocycles. The Kier molecular flexibility index (Phi) is 6.06. The van der Waals surface area contributed by atoms with E-state index in [1.165, 1.54) is 12.1 Å². The quantitative estimate of drug-likeness (QED) is 0.610. The minimum Gasteiger partial charge on any atom is -0.299 e. The first-order valence-corrected chi connectivity index (χ1v) is 10.9. The fourth-order valence-corrected chi connectivity index (χ4v) is 4.89. The Labute approximate surface area is 178 Å². The van der Waals surface area contributed by atoms with E-state index in [4.69, 9.17) is 0 Å². The highest BCUT2D eigenvalue weighted by atomic mass is 32.1. The van der Waals surface area contributed by atoms with E-state index in [0.29, 0.717) is 24.6 Å². The first kappa shape index (κ1) is 20.8. The molecule has 0 bridgehead atoms. The SMILES string of the molecule is Cc1nc(C)c(-c2ccc(=O)n(CC3CCN(Cc4cc(F)cc(F)c4)CC3)n2)s1. The predicted octanol–water partition coefficient (Wildman–Crippen LogP) is 4.17. The van der Waals surface area contributed by atoms with Gasteiger partial charge in [0.05, 0.1) is 15.6 Å². The maximum atomic E-state index is 13.4. The van der Waals surface area contributed by atoms with E-state index in [1.54, 1.807) is 28.2 Å². The molecule has 0 N–H and O–H groups in total. The monoisotopic (exact) mass is 430 g/mol. The zero-order chi connectivity index (χ0) is 21.3. The molecule has 1 aromatic carbocycles. The zero-order valence-electron chi connectivity index (χ0n) is 17.1. The highest BCUT2D eigenvalue weighted by Crippen LogP contribution is 2.27. The summed E-state index contributed by atoms with van der Waals surface area (Å²) in [5.74, 6) is -0.747. The molecule has 30 heavy (non-hydrogen) atoms. The molecule has 3 aromatic rings.